The van der Waals surface area contributed by atoms with E-state index in [0.29, 0.717) is 45.9 Å². The highest BCUT2D eigenvalue weighted by Crippen LogP contribution is 2.25. The molecule has 3 aromatic rings. The number of nitrogens with one attached hydrogen (secondary N) is 1. The molecule has 0 saturated carbocycles. The van der Waals surface area contributed by atoms with Crippen LogP contribution < -0.4 is 10.2 Å². The summed E-state index contributed by atoms with van der Waals surface area (Å²) in [5.41, 5.74) is 1.48. The van der Waals surface area contributed by atoms with E-state index >= 15 is 4.39 Å². The first-order chi connectivity index (χ1) is 16.0. The minimum Gasteiger partial charge on any atom is -0.370 e. The van der Waals surface area contributed by atoms with Crippen molar-refractivity contribution in [1.29, 1.82) is 0 Å². The Morgan fingerprint density at radius 3 is 2.88 bits per heavy atom. The Balaban J connectivity index is 1.56. The summed E-state index contributed by atoms with van der Waals surface area (Å²) >= 11 is 7.11. The van der Waals surface area contributed by atoms with Gasteiger partial charge in [-0.1, -0.05) is 24.9 Å². The molecule has 1 aliphatic rings. The zero-order valence-electron chi connectivity index (χ0n) is 18.1. The third-order valence-electron chi connectivity index (χ3n) is 5.30. The molecular formula is C23H24ClFN4O3S. The molecular weight excluding hydrogens is 467 g/mol. The van der Waals surface area contributed by atoms with Gasteiger partial charge in [-0.15, -0.1) is 11.3 Å². The highest BCUT2D eigenvalue weighted by molar-refractivity contribution is 7.17. The monoisotopic (exact) mass is 490 g/mol. The van der Waals surface area contributed by atoms with Crippen molar-refractivity contribution in [3.8, 4) is 5.69 Å². The number of hydrogen-bond acceptors (Lipinski definition) is 5. The quantitative estimate of drug-likeness (QED) is 0.509. The number of morpholine rings is 1. The number of carbonyl (C=O) groups excluding carboxylic acids is 2. The summed E-state index contributed by atoms with van der Waals surface area (Å²) in [6, 6.07) is 8.09. The number of nitrogens with zero attached hydrogens (tertiary/aromatic N) is 3. The molecule has 0 aliphatic carbocycles. The lowest BCUT2D eigenvalue weighted by molar-refractivity contribution is -0.125. The van der Waals surface area contributed by atoms with Crippen LogP contribution in [-0.2, 0) is 22.5 Å². The van der Waals surface area contributed by atoms with Crippen molar-refractivity contribution >= 4 is 40.4 Å². The number of thiophene rings is 1. The third-order valence-corrected chi connectivity index (χ3v) is 6.53. The predicted molar refractivity (Wildman–Crippen MR) is 126 cm³/mol. The smallest absolute Gasteiger partial charge is 0.261 e. The van der Waals surface area contributed by atoms with E-state index in [0.717, 1.165) is 18.7 Å². The number of anilines is 1. The van der Waals surface area contributed by atoms with Gasteiger partial charge < -0.3 is 19.5 Å². The number of unbranched alkanes of at least 4 members (excludes halogenated alkanes) is 1. The van der Waals surface area contributed by atoms with E-state index in [4.69, 9.17) is 16.3 Å². The average Bonchev–Trinajstić information content (AvgIpc) is 3.42. The molecule has 0 atom stereocenters. The fourth-order valence-electron chi connectivity index (χ4n) is 3.62. The number of aryl methyl sites for hydroxylation is 1. The second-order valence-electron chi connectivity index (χ2n) is 7.64. The highest BCUT2D eigenvalue weighted by atomic mass is 35.5. The van der Waals surface area contributed by atoms with Gasteiger partial charge in [0.2, 0.25) is 0 Å². The summed E-state index contributed by atoms with van der Waals surface area (Å²) in [4.78, 5) is 31.1. The van der Waals surface area contributed by atoms with Gasteiger partial charge >= 0.3 is 0 Å². The van der Waals surface area contributed by atoms with Crippen LogP contribution in [0.2, 0.25) is 4.34 Å². The predicted octanol–water partition coefficient (Wildman–Crippen LogP) is 4.36. The Bertz CT molecular complexity index is 1160. The first-order valence-electron chi connectivity index (χ1n) is 10.7. The standard InChI is InChI=1S/C23H24ClFN4O3S/c1-2-3-4-21-27-15(12-26-23(31)19-7-8-20(24)33-19)13-29(21)18-6-5-16(11-17(18)25)28-9-10-32-14-22(28)30/h5-8,11,13H,2-4,9-10,12,14H2,1H3,(H,26,31). The molecule has 174 valence electrons. The van der Waals surface area contributed by atoms with Crippen molar-refractivity contribution in [1.82, 2.24) is 14.9 Å². The van der Waals surface area contributed by atoms with Crippen LogP contribution in [0.5, 0.6) is 0 Å². The first kappa shape index (κ1) is 23.4. The molecule has 3 heterocycles. The number of aromatic nitrogens is 2. The van der Waals surface area contributed by atoms with E-state index < -0.39 is 5.82 Å². The lowest BCUT2D eigenvalue weighted by Crippen LogP contribution is -2.41. The minimum atomic E-state index is -0.453. The van der Waals surface area contributed by atoms with Crippen molar-refractivity contribution in [2.24, 2.45) is 0 Å². The normalized spacial score (nSPS) is 14.0. The molecule has 1 aromatic carbocycles. The molecule has 1 aliphatic heterocycles. The Kier molecular flexibility index (Phi) is 7.42. The number of benzene rings is 1. The highest BCUT2D eigenvalue weighted by Gasteiger charge is 2.22. The molecule has 1 fully saturated rings. The van der Waals surface area contributed by atoms with E-state index in [1.54, 1.807) is 35.0 Å². The molecule has 0 spiro atoms. The largest absolute Gasteiger partial charge is 0.370 e. The SMILES string of the molecule is CCCCc1nc(CNC(=O)c2ccc(Cl)s2)cn1-c1ccc(N2CCOCC2=O)cc1F. The Morgan fingerprint density at radius 1 is 1.33 bits per heavy atom. The van der Waals surface area contributed by atoms with Crippen LogP contribution in [0.3, 0.4) is 0 Å². The fourth-order valence-corrected chi connectivity index (χ4v) is 4.58. The van der Waals surface area contributed by atoms with Gasteiger partial charge in [0.25, 0.3) is 11.8 Å². The summed E-state index contributed by atoms with van der Waals surface area (Å²) < 4.78 is 22.6. The van der Waals surface area contributed by atoms with Crippen LogP contribution in [0.25, 0.3) is 5.69 Å². The molecule has 0 radical (unpaired) electrons. The van der Waals surface area contributed by atoms with Crippen LogP contribution in [0.4, 0.5) is 10.1 Å². The van der Waals surface area contributed by atoms with E-state index in [-0.39, 0.29) is 25.0 Å². The number of hydrogen-bond donors (Lipinski definition) is 1. The summed E-state index contributed by atoms with van der Waals surface area (Å²) in [5.74, 6) is -0.160. The number of carbonyl (C=O) groups is 2. The summed E-state index contributed by atoms with van der Waals surface area (Å²) in [6.45, 7) is 3.10. The van der Waals surface area contributed by atoms with Crippen LogP contribution in [0, 0.1) is 5.82 Å². The topological polar surface area (TPSA) is 76.5 Å². The molecule has 1 saturated heterocycles. The van der Waals surface area contributed by atoms with Gasteiger partial charge in [-0.2, -0.15) is 0 Å². The minimum absolute atomic E-state index is 0.00118. The van der Waals surface area contributed by atoms with Gasteiger partial charge in [-0.3, -0.25) is 9.59 Å². The number of rotatable bonds is 8. The van der Waals surface area contributed by atoms with Crippen LogP contribution in [0.1, 0.15) is 41.0 Å². The maximum atomic E-state index is 15.2. The van der Waals surface area contributed by atoms with Crippen molar-refractivity contribution in [3.05, 3.63) is 63.1 Å². The fraction of sp³-hybridized carbons (Fsp3) is 0.348. The molecule has 0 unspecified atom stereocenters. The lowest BCUT2D eigenvalue weighted by Gasteiger charge is -2.27. The van der Waals surface area contributed by atoms with E-state index in [1.807, 2.05) is 0 Å². The van der Waals surface area contributed by atoms with Gasteiger partial charge in [0, 0.05) is 24.8 Å². The van der Waals surface area contributed by atoms with Crippen molar-refractivity contribution in [3.63, 3.8) is 0 Å². The van der Waals surface area contributed by atoms with Gasteiger partial charge in [0.05, 0.1) is 33.7 Å². The molecule has 7 nitrogen and oxygen atoms in total. The zero-order chi connectivity index (χ0) is 23.4. The number of amides is 2. The second-order valence-corrected chi connectivity index (χ2v) is 9.36. The molecule has 0 bridgehead atoms. The van der Waals surface area contributed by atoms with Gasteiger partial charge in [-0.05, 0) is 36.8 Å². The molecule has 10 heteroatoms. The maximum Gasteiger partial charge on any atom is 0.261 e. The van der Waals surface area contributed by atoms with Crippen LogP contribution in [0.15, 0.2) is 36.5 Å². The maximum absolute atomic E-state index is 15.2. The van der Waals surface area contributed by atoms with Gasteiger partial charge in [0.1, 0.15) is 18.2 Å². The van der Waals surface area contributed by atoms with Gasteiger partial charge in [0.15, 0.2) is 0 Å². The summed E-state index contributed by atoms with van der Waals surface area (Å²) in [6.07, 6.45) is 4.29. The van der Waals surface area contributed by atoms with E-state index in [9.17, 15) is 9.59 Å². The van der Waals surface area contributed by atoms with E-state index in [1.165, 1.54) is 22.3 Å². The second kappa shape index (κ2) is 10.5. The Hall–Kier alpha value is -2.75. The average molecular weight is 491 g/mol. The third kappa shape index (κ3) is 5.43. The number of imidazole rings is 1. The molecule has 4 rings (SSSR count). The molecule has 2 aromatic heterocycles. The van der Waals surface area contributed by atoms with Crippen molar-refractivity contribution in [2.75, 3.05) is 24.7 Å². The number of ether oxygens (including phenoxy) is 1. The van der Waals surface area contributed by atoms with Crippen LogP contribution >= 0.6 is 22.9 Å². The van der Waals surface area contributed by atoms with Crippen molar-refractivity contribution < 1.29 is 18.7 Å². The molecule has 2 amide bonds. The summed E-state index contributed by atoms with van der Waals surface area (Å²) in [7, 11) is 0. The Labute approximate surface area is 200 Å². The van der Waals surface area contributed by atoms with Gasteiger partial charge in [-0.25, -0.2) is 9.37 Å². The van der Waals surface area contributed by atoms with Crippen LogP contribution in [-0.4, -0.2) is 41.1 Å². The summed E-state index contributed by atoms with van der Waals surface area (Å²) in [5, 5.41) is 2.84. The Morgan fingerprint density at radius 2 is 2.18 bits per heavy atom. The lowest BCUT2D eigenvalue weighted by atomic mass is 10.2. The van der Waals surface area contributed by atoms with Crippen molar-refractivity contribution in [2.45, 2.75) is 32.7 Å². The first-order valence-corrected chi connectivity index (χ1v) is 11.9. The zero-order valence-corrected chi connectivity index (χ0v) is 19.7. The number of halogens is 2. The molecule has 33 heavy (non-hydrogen) atoms. The molecule has 1 N–H and O–H groups in total. The van der Waals surface area contributed by atoms with E-state index in [2.05, 4.69) is 17.2 Å².